The maximum atomic E-state index is 12.3. The quantitative estimate of drug-likeness (QED) is 0.709. The largest absolute Gasteiger partial charge is 0.393 e. The van der Waals surface area contributed by atoms with Crippen molar-refractivity contribution in [2.75, 3.05) is 0 Å². The number of Topliss-reactive ketones (excluding diaryl/α,β-unsaturated/α-hetero) is 1. The molecule has 23 heavy (non-hydrogen) atoms. The van der Waals surface area contributed by atoms with E-state index in [-0.39, 0.29) is 17.4 Å². The van der Waals surface area contributed by atoms with Crippen LogP contribution in [0.15, 0.2) is 0 Å². The second-order valence-corrected chi connectivity index (χ2v) is 10.1. The third-order valence-corrected chi connectivity index (χ3v) is 9.76. The predicted octanol–water partition coefficient (Wildman–Crippen LogP) is 4.60. The van der Waals surface area contributed by atoms with Gasteiger partial charge in [-0.05, 0) is 78.9 Å². The smallest absolute Gasteiger partial charge is 0.136 e. The molecule has 8 atom stereocenters. The SMILES string of the molecule is CC1C(=O)CC[C@@]2(C)C1CC[C@H]1[C@@H]3CCC(O)[C@@]3(C)CC[C@@]12C. The molecular formula is C21H34O2. The summed E-state index contributed by atoms with van der Waals surface area (Å²) in [6, 6.07) is 0. The lowest BCUT2D eigenvalue weighted by atomic mass is 9.38. The molecule has 0 radical (unpaired) electrons. The fourth-order valence-corrected chi connectivity index (χ4v) is 7.85. The van der Waals surface area contributed by atoms with Gasteiger partial charge in [0.05, 0.1) is 6.10 Å². The van der Waals surface area contributed by atoms with Gasteiger partial charge in [-0.1, -0.05) is 27.7 Å². The van der Waals surface area contributed by atoms with Crippen molar-refractivity contribution in [2.24, 2.45) is 39.9 Å². The summed E-state index contributed by atoms with van der Waals surface area (Å²) in [5.74, 6) is 2.79. The van der Waals surface area contributed by atoms with Crippen LogP contribution in [0.2, 0.25) is 0 Å². The van der Waals surface area contributed by atoms with Crippen molar-refractivity contribution in [3.63, 3.8) is 0 Å². The maximum Gasteiger partial charge on any atom is 0.136 e. The third kappa shape index (κ3) is 1.82. The molecule has 0 heterocycles. The van der Waals surface area contributed by atoms with Crippen molar-refractivity contribution in [1.29, 1.82) is 0 Å². The molecule has 4 aliphatic carbocycles. The van der Waals surface area contributed by atoms with E-state index in [0.29, 0.717) is 28.4 Å². The van der Waals surface area contributed by atoms with Crippen LogP contribution >= 0.6 is 0 Å². The third-order valence-electron chi connectivity index (χ3n) is 9.76. The minimum atomic E-state index is -0.0885. The first-order valence-corrected chi connectivity index (χ1v) is 9.95. The standard InChI is InChI=1S/C21H34O2/c1-13-14-5-6-16-15-7-8-18(23)19(15,2)11-12-21(16,4)20(14,3)10-9-17(13)22/h13-16,18,23H,5-12H2,1-4H3/t13?,14?,15-,16-,18?,19-,20-,21-/m0/s1. The molecule has 0 saturated heterocycles. The maximum absolute atomic E-state index is 12.3. The summed E-state index contributed by atoms with van der Waals surface area (Å²) in [6.45, 7) is 9.62. The van der Waals surface area contributed by atoms with Gasteiger partial charge < -0.3 is 5.11 Å². The van der Waals surface area contributed by atoms with E-state index in [4.69, 9.17) is 0 Å². The molecule has 0 bridgehead atoms. The normalized spacial score (nSPS) is 59.2. The minimum Gasteiger partial charge on any atom is -0.393 e. The molecular weight excluding hydrogens is 284 g/mol. The van der Waals surface area contributed by atoms with E-state index in [1.807, 2.05) is 0 Å². The Morgan fingerprint density at radius 1 is 0.870 bits per heavy atom. The number of ketones is 1. The molecule has 130 valence electrons. The van der Waals surface area contributed by atoms with Gasteiger partial charge in [0, 0.05) is 12.3 Å². The second-order valence-electron chi connectivity index (χ2n) is 10.1. The van der Waals surface area contributed by atoms with Gasteiger partial charge >= 0.3 is 0 Å². The fraction of sp³-hybridized carbons (Fsp3) is 0.952. The van der Waals surface area contributed by atoms with Crippen LogP contribution < -0.4 is 0 Å². The molecule has 4 fully saturated rings. The average Bonchev–Trinajstić information content (AvgIpc) is 2.81. The number of rotatable bonds is 0. The monoisotopic (exact) mass is 318 g/mol. The summed E-state index contributed by atoms with van der Waals surface area (Å²) < 4.78 is 0. The Kier molecular flexibility index (Phi) is 3.39. The van der Waals surface area contributed by atoms with Crippen LogP contribution in [0, 0.1) is 39.9 Å². The number of aliphatic hydroxyl groups excluding tert-OH is 1. The first-order chi connectivity index (χ1) is 10.7. The van der Waals surface area contributed by atoms with Crippen molar-refractivity contribution < 1.29 is 9.90 Å². The molecule has 0 aliphatic heterocycles. The van der Waals surface area contributed by atoms with E-state index in [1.54, 1.807) is 0 Å². The van der Waals surface area contributed by atoms with Crippen LogP contribution in [0.4, 0.5) is 0 Å². The number of carbonyl (C=O) groups excluding carboxylic acids is 1. The van der Waals surface area contributed by atoms with E-state index in [9.17, 15) is 9.90 Å². The molecule has 0 amide bonds. The summed E-state index contributed by atoms with van der Waals surface area (Å²) in [6.07, 6.45) is 8.95. The van der Waals surface area contributed by atoms with E-state index < -0.39 is 0 Å². The molecule has 0 aromatic heterocycles. The van der Waals surface area contributed by atoms with Gasteiger partial charge in [0.15, 0.2) is 0 Å². The molecule has 4 rings (SSSR count). The summed E-state index contributed by atoms with van der Waals surface area (Å²) in [5.41, 5.74) is 0.834. The van der Waals surface area contributed by atoms with Gasteiger partial charge in [-0.15, -0.1) is 0 Å². The van der Waals surface area contributed by atoms with Crippen LogP contribution in [0.3, 0.4) is 0 Å². The molecule has 1 N–H and O–H groups in total. The van der Waals surface area contributed by atoms with Gasteiger partial charge in [-0.25, -0.2) is 0 Å². The zero-order chi connectivity index (χ0) is 16.6. The van der Waals surface area contributed by atoms with Crippen molar-refractivity contribution in [3.05, 3.63) is 0 Å². The highest BCUT2D eigenvalue weighted by molar-refractivity contribution is 5.82. The Balaban J connectivity index is 1.72. The molecule has 4 saturated carbocycles. The number of aliphatic hydroxyl groups is 1. The highest BCUT2D eigenvalue weighted by Gasteiger charge is 2.66. The minimum absolute atomic E-state index is 0.0885. The van der Waals surface area contributed by atoms with Crippen LogP contribution in [0.5, 0.6) is 0 Å². The van der Waals surface area contributed by atoms with Gasteiger partial charge in [0.25, 0.3) is 0 Å². The highest BCUT2D eigenvalue weighted by atomic mass is 16.3. The van der Waals surface area contributed by atoms with Gasteiger partial charge in [0.2, 0.25) is 0 Å². The Bertz CT molecular complexity index is 528. The summed E-state index contributed by atoms with van der Waals surface area (Å²) >= 11 is 0. The first kappa shape index (κ1) is 16.1. The van der Waals surface area contributed by atoms with Crippen molar-refractivity contribution in [1.82, 2.24) is 0 Å². The lowest BCUT2D eigenvalue weighted by Gasteiger charge is -2.67. The molecule has 2 heteroatoms. The predicted molar refractivity (Wildman–Crippen MR) is 91.9 cm³/mol. The molecule has 4 aliphatic rings. The zero-order valence-electron chi connectivity index (χ0n) is 15.4. The lowest BCUT2D eigenvalue weighted by molar-refractivity contribution is -0.190. The Morgan fingerprint density at radius 2 is 1.48 bits per heavy atom. The number of hydrogen-bond acceptors (Lipinski definition) is 2. The van der Waals surface area contributed by atoms with Crippen LogP contribution in [-0.2, 0) is 4.79 Å². The van der Waals surface area contributed by atoms with Crippen molar-refractivity contribution in [3.8, 4) is 0 Å². The van der Waals surface area contributed by atoms with E-state index in [1.165, 1.54) is 32.1 Å². The molecule has 3 unspecified atom stereocenters. The molecule has 0 aromatic rings. The summed E-state index contributed by atoms with van der Waals surface area (Å²) in [5, 5.41) is 10.6. The van der Waals surface area contributed by atoms with E-state index in [0.717, 1.165) is 25.2 Å². The Hall–Kier alpha value is -0.370. The fourth-order valence-electron chi connectivity index (χ4n) is 7.85. The van der Waals surface area contributed by atoms with Crippen molar-refractivity contribution >= 4 is 5.78 Å². The zero-order valence-corrected chi connectivity index (χ0v) is 15.4. The van der Waals surface area contributed by atoms with Crippen molar-refractivity contribution in [2.45, 2.75) is 85.2 Å². The van der Waals surface area contributed by atoms with E-state index in [2.05, 4.69) is 27.7 Å². The van der Waals surface area contributed by atoms with Gasteiger partial charge in [-0.3, -0.25) is 4.79 Å². The second kappa shape index (κ2) is 4.84. The highest BCUT2D eigenvalue weighted by Crippen LogP contribution is 2.71. The number of fused-ring (bicyclic) bond motifs is 5. The Labute approximate surface area is 141 Å². The topological polar surface area (TPSA) is 37.3 Å². The van der Waals surface area contributed by atoms with Crippen LogP contribution in [0.1, 0.15) is 79.1 Å². The lowest BCUT2D eigenvalue weighted by Crippen LogP contribution is -2.61. The number of hydrogen-bond donors (Lipinski definition) is 1. The molecule has 0 spiro atoms. The molecule has 2 nitrogen and oxygen atoms in total. The first-order valence-electron chi connectivity index (χ1n) is 9.95. The van der Waals surface area contributed by atoms with Gasteiger partial charge in [-0.2, -0.15) is 0 Å². The number of carbonyl (C=O) groups is 1. The summed E-state index contributed by atoms with van der Waals surface area (Å²) in [4.78, 5) is 12.3. The van der Waals surface area contributed by atoms with Gasteiger partial charge in [0.1, 0.15) is 5.78 Å². The average molecular weight is 319 g/mol. The van der Waals surface area contributed by atoms with Crippen LogP contribution in [0.25, 0.3) is 0 Å². The molecule has 0 aromatic carbocycles. The van der Waals surface area contributed by atoms with Crippen LogP contribution in [-0.4, -0.2) is 17.0 Å². The Morgan fingerprint density at radius 3 is 2.22 bits per heavy atom. The summed E-state index contributed by atoms with van der Waals surface area (Å²) in [7, 11) is 0. The van der Waals surface area contributed by atoms with E-state index >= 15 is 0 Å².